The zero-order valence-corrected chi connectivity index (χ0v) is 14.8. The van der Waals surface area contributed by atoms with Gasteiger partial charge < -0.3 is 4.90 Å². The number of hydrogen-bond donors (Lipinski definition) is 0. The Morgan fingerprint density at radius 2 is 2.12 bits per heavy atom. The molecule has 1 unspecified atom stereocenters. The van der Waals surface area contributed by atoms with E-state index in [2.05, 4.69) is 46.2 Å². The lowest BCUT2D eigenvalue weighted by Gasteiger charge is -2.37. The first kappa shape index (κ1) is 17.5. The van der Waals surface area contributed by atoms with Crippen LogP contribution in [0.25, 0.3) is 0 Å². The maximum atomic E-state index is 12.6. The molecule has 0 N–H and O–H groups in total. The van der Waals surface area contributed by atoms with Gasteiger partial charge in [0, 0.05) is 50.7 Å². The molecular formula is C20H26N4O. The first-order valence-corrected chi connectivity index (χ1v) is 8.99. The molecule has 1 atom stereocenters. The van der Waals surface area contributed by atoms with Gasteiger partial charge in [0.15, 0.2) is 0 Å². The number of carbonyl (C=O) groups excluding carboxylic acids is 1. The number of piperidine rings is 1. The Bertz CT molecular complexity index is 662. The number of likely N-dealkylation sites (tertiary alicyclic amines) is 1. The second-order valence-electron chi connectivity index (χ2n) is 6.73. The van der Waals surface area contributed by atoms with Crippen LogP contribution in [0, 0.1) is 0 Å². The van der Waals surface area contributed by atoms with Crippen LogP contribution in [-0.4, -0.2) is 51.9 Å². The summed E-state index contributed by atoms with van der Waals surface area (Å²) in [6, 6.07) is 10.9. The van der Waals surface area contributed by atoms with E-state index in [1.54, 1.807) is 18.6 Å². The molecule has 25 heavy (non-hydrogen) atoms. The van der Waals surface area contributed by atoms with Crippen LogP contribution < -0.4 is 0 Å². The summed E-state index contributed by atoms with van der Waals surface area (Å²) < 4.78 is 0. The number of hydrogen-bond acceptors (Lipinski definition) is 4. The smallest absolute Gasteiger partial charge is 0.223 e. The lowest BCUT2D eigenvalue weighted by atomic mass is 10.0. The Labute approximate surface area is 149 Å². The van der Waals surface area contributed by atoms with Crippen LogP contribution in [0.3, 0.4) is 0 Å². The number of amides is 1. The van der Waals surface area contributed by atoms with E-state index in [1.807, 2.05) is 11.0 Å². The molecule has 2 aromatic rings. The van der Waals surface area contributed by atoms with E-state index < -0.39 is 0 Å². The fourth-order valence-electron chi connectivity index (χ4n) is 3.39. The summed E-state index contributed by atoms with van der Waals surface area (Å²) in [5, 5.41) is 0. The normalized spacial score (nSPS) is 17.7. The Kier molecular flexibility index (Phi) is 6.12. The minimum absolute atomic E-state index is 0.225. The summed E-state index contributed by atoms with van der Waals surface area (Å²) in [4.78, 5) is 25.3. The minimum atomic E-state index is 0.225. The standard InChI is InChI=1S/C20H26N4O/c1-23(15-17-6-3-2-4-7-17)19-8-5-13-24(16-19)20(25)10-9-18-14-21-11-12-22-18/h2-4,6-7,11-12,14,19H,5,8-10,13,15-16H2,1H3. The number of benzene rings is 1. The van der Waals surface area contributed by atoms with Crippen molar-refractivity contribution in [2.45, 2.75) is 38.3 Å². The van der Waals surface area contributed by atoms with Crippen molar-refractivity contribution < 1.29 is 4.79 Å². The van der Waals surface area contributed by atoms with Gasteiger partial charge in [0.1, 0.15) is 0 Å². The Morgan fingerprint density at radius 3 is 2.88 bits per heavy atom. The van der Waals surface area contributed by atoms with Crippen LogP contribution in [0.2, 0.25) is 0 Å². The van der Waals surface area contributed by atoms with Crippen molar-refractivity contribution in [2.75, 3.05) is 20.1 Å². The third kappa shape index (κ3) is 5.10. The lowest BCUT2D eigenvalue weighted by Crippen LogP contribution is -2.48. The zero-order chi connectivity index (χ0) is 17.5. The molecule has 5 heteroatoms. The molecule has 1 aliphatic heterocycles. The van der Waals surface area contributed by atoms with Crippen molar-refractivity contribution in [3.63, 3.8) is 0 Å². The average molecular weight is 338 g/mol. The maximum Gasteiger partial charge on any atom is 0.223 e. The van der Waals surface area contributed by atoms with Crippen LogP contribution in [0.5, 0.6) is 0 Å². The molecule has 0 bridgehead atoms. The van der Waals surface area contributed by atoms with Crippen LogP contribution in [0.4, 0.5) is 0 Å². The minimum Gasteiger partial charge on any atom is -0.341 e. The van der Waals surface area contributed by atoms with Gasteiger partial charge in [-0.25, -0.2) is 0 Å². The summed E-state index contributed by atoms with van der Waals surface area (Å²) in [6.07, 6.45) is 8.46. The van der Waals surface area contributed by atoms with Crippen LogP contribution in [-0.2, 0) is 17.8 Å². The summed E-state index contributed by atoms with van der Waals surface area (Å²) in [7, 11) is 2.16. The monoisotopic (exact) mass is 338 g/mol. The molecule has 1 amide bonds. The third-order valence-corrected chi connectivity index (χ3v) is 4.86. The van der Waals surface area contributed by atoms with Gasteiger partial charge in [-0.2, -0.15) is 0 Å². The van der Waals surface area contributed by atoms with Gasteiger partial charge in [0.2, 0.25) is 5.91 Å². The number of aryl methyl sites for hydroxylation is 1. The van der Waals surface area contributed by atoms with Crippen molar-refractivity contribution in [1.29, 1.82) is 0 Å². The summed E-state index contributed by atoms with van der Waals surface area (Å²) in [5.41, 5.74) is 2.20. The first-order valence-electron chi connectivity index (χ1n) is 8.99. The van der Waals surface area contributed by atoms with E-state index in [0.29, 0.717) is 18.9 Å². The van der Waals surface area contributed by atoms with Crippen molar-refractivity contribution >= 4 is 5.91 Å². The van der Waals surface area contributed by atoms with E-state index in [-0.39, 0.29) is 5.91 Å². The van der Waals surface area contributed by atoms with Crippen molar-refractivity contribution in [3.8, 4) is 0 Å². The first-order chi connectivity index (χ1) is 12.2. The van der Waals surface area contributed by atoms with Crippen molar-refractivity contribution in [1.82, 2.24) is 19.8 Å². The molecule has 0 radical (unpaired) electrons. The molecule has 0 saturated carbocycles. The summed E-state index contributed by atoms with van der Waals surface area (Å²) >= 11 is 0. The maximum absolute atomic E-state index is 12.6. The molecule has 2 heterocycles. The highest BCUT2D eigenvalue weighted by Crippen LogP contribution is 2.18. The largest absolute Gasteiger partial charge is 0.341 e. The fraction of sp³-hybridized carbons (Fsp3) is 0.450. The van der Waals surface area contributed by atoms with Crippen molar-refractivity contribution in [3.05, 3.63) is 60.2 Å². The molecule has 1 saturated heterocycles. The highest BCUT2D eigenvalue weighted by molar-refractivity contribution is 5.76. The molecule has 1 aliphatic rings. The second-order valence-corrected chi connectivity index (χ2v) is 6.73. The van der Waals surface area contributed by atoms with Crippen molar-refractivity contribution in [2.24, 2.45) is 0 Å². The number of nitrogens with zero attached hydrogens (tertiary/aromatic N) is 4. The molecule has 132 valence electrons. The number of aromatic nitrogens is 2. The molecule has 0 spiro atoms. The van der Waals surface area contributed by atoms with E-state index in [1.165, 1.54) is 5.56 Å². The molecular weight excluding hydrogens is 312 g/mol. The third-order valence-electron chi connectivity index (χ3n) is 4.86. The van der Waals surface area contributed by atoms with Gasteiger partial charge in [-0.15, -0.1) is 0 Å². The SMILES string of the molecule is CN(Cc1ccccc1)C1CCCN(C(=O)CCc2cnccn2)C1. The topological polar surface area (TPSA) is 49.3 Å². The van der Waals surface area contributed by atoms with Crippen LogP contribution >= 0.6 is 0 Å². The summed E-state index contributed by atoms with van der Waals surface area (Å²) in [5.74, 6) is 0.225. The second kappa shape index (κ2) is 8.72. The zero-order valence-electron chi connectivity index (χ0n) is 14.8. The van der Waals surface area contributed by atoms with Crippen LogP contribution in [0.1, 0.15) is 30.5 Å². The van der Waals surface area contributed by atoms with Gasteiger partial charge in [-0.3, -0.25) is 19.7 Å². The van der Waals surface area contributed by atoms with E-state index in [0.717, 1.165) is 38.2 Å². The molecule has 3 rings (SSSR count). The van der Waals surface area contributed by atoms with E-state index >= 15 is 0 Å². The fourth-order valence-corrected chi connectivity index (χ4v) is 3.39. The molecule has 1 fully saturated rings. The number of carbonyl (C=O) groups is 1. The van der Waals surface area contributed by atoms with Gasteiger partial charge in [0.05, 0.1) is 5.69 Å². The Balaban J connectivity index is 1.50. The molecule has 5 nitrogen and oxygen atoms in total. The molecule has 0 aliphatic carbocycles. The highest BCUT2D eigenvalue weighted by Gasteiger charge is 2.26. The predicted octanol–water partition coefficient (Wildman–Crippen LogP) is 2.53. The summed E-state index contributed by atoms with van der Waals surface area (Å²) in [6.45, 7) is 2.62. The van der Waals surface area contributed by atoms with Gasteiger partial charge in [0.25, 0.3) is 0 Å². The quantitative estimate of drug-likeness (QED) is 0.812. The van der Waals surface area contributed by atoms with Gasteiger partial charge in [-0.05, 0) is 31.9 Å². The number of likely N-dealkylation sites (N-methyl/N-ethyl adjacent to an activating group) is 1. The Hall–Kier alpha value is -2.27. The van der Waals surface area contributed by atoms with E-state index in [4.69, 9.17) is 0 Å². The molecule has 1 aromatic heterocycles. The number of rotatable bonds is 6. The molecule has 1 aromatic carbocycles. The van der Waals surface area contributed by atoms with Gasteiger partial charge in [-0.1, -0.05) is 30.3 Å². The van der Waals surface area contributed by atoms with Crippen LogP contribution in [0.15, 0.2) is 48.9 Å². The van der Waals surface area contributed by atoms with Gasteiger partial charge >= 0.3 is 0 Å². The predicted molar refractivity (Wildman–Crippen MR) is 97.9 cm³/mol. The van der Waals surface area contributed by atoms with E-state index in [9.17, 15) is 4.79 Å². The average Bonchev–Trinajstić information content (AvgIpc) is 2.68. The highest BCUT2D eigenvalue weighted by atomic mass is 16.2. The lowest BCUT2D eigenvalue weighted by molar-refractivity contribution is -0.133. The Morgan fingerprint density at radius 1 is 1.28 bits per heavy atom.